The molecule has 0 unspecified atom stereocenters. The number of halogens is 1. The molecule has 9 heavy (non-hydrogen) atoms. The third kappa shape index (κ3) is 114. The number of aliphatic carboxylic acids is 1. The first-order chi connectivity index (χ1) is 4.15. The number of hydrogen-bond acceptors (Lipinski definition) is 2. The standard InChI is InChI=1S/C3H8FN.C2H4O2/c1-5-3-2-4;1-2(3)4/h5H,2-3H2,1H3;1H3,(H,3,4). The molecule has 0 aliphatic carbocycles. The van der Waals surface area contributed by atoms with Crippen molar-refractivity contribution in [3.8, 4) is 0 Å². The van der Waals surface area contributed by atoms with Gasteiger partial charge in [-0.1, -0.05) is 0 Å². The zero-order valence-corrected chi connectivity index (χ0v) is 5.65. The van der Waals surface area contributed by atoms with Crippen molar-refractivity contribution in [3.63, 3.8) is 0 Å². The first-order valence-corrected chi connectivity index (χ1v) is 2.55. The molecule has 0 radical (unpaired) electrons. The number of alkyl halides is 1. The van der Waals surface area contributed by atoms with Gasteiger partial charge in [-0.25, -0.2) is 4.39 Å². The molecule has 2 N–H and O–H groups in total. The van der Waals surface area contributed by atoms with Crippen LogP contribution < -0.4 is 5.32 Å². The van der Waals surface area contributed by atoms with E-state index in [1.807, 2.05) is 0 Å². The predicted molar refractivity (Wildman–Crippen MR) is 33.2 cm³/mol. The average molecular weight is 137 g/mol. The molecular formula is C5H12FNO2. The fraction of sp³-hybridized carbons (Fsp3) is 0.800. The van der Waals surface area contributed by atoms with Crippen LogP contribution in [0.1, 0.15) is 6.92 Å². The number of nitrogens with one attached hydrogen (secondary N) is 1. The molecule has 0 amide bonds. The molecule has 3 nitrogen and oxygen atoms in total. The van der Waals surface area contributed by atoms with Crippen LogP contribution in [0.15, 0.2) is 0 Å². The van der Waals surface area contributed by atoms with E-state index in [4.69, 9.17) is 9.90 Å². The highest BCUT2D eigenvalue weighted by Crippen LogP contribution is 1.55. The molecule has 0 aliphatic rings. The Balaban J connectivity index is 0. The zero-order chi connectivity index (χ0) is 7.70. The van der Waals surface area contributed by atoms with E-state index in [1.165, 1.54) is 0 Å². The second-order valence-corrected chi connectivity index (χ2v) is 1.31. The van der Waals surface area contributed by atoms with Gasteiger partial charge in [-0.15, -0.1) is 0 Å². The quantitative estimate of drug-likeness (QED) is 0.574. The maximum absolute atomic E-state index is 10.9. The lowest BCUT2D eigenvalue weighted by molar-refractivity contribution is -0.134. The van der Waals surface area contributed by atoms with Gasteiger partial charge in [0.2, 0.25) is 0 Å². The van der Waals surface area contributed by atoms with Gasteiger partial charge in [-0.2, -0.15) is 0 Å². The molecule has 0 aromatic heterocycles. The molecule has 4 heteroatoms. The van der Waals surface area contributed by atoms with Crippen LogP contribution in [0.4, 0.5) is 4.39 Å². The van der Waals surface area contributed by atoms with Crippen molar-refractivity contribution >= 4 is 5.97 Å². The Kier molecular flexibility index (Phi) is 12.9. The third-order valence-corrected chi connectivity index (χ3v) is 0.344. The molecular weight excluding hydrogens is 125 g/mol. The minimum atomic E-state index is -0.833. The van der Waals surface area contributed by atoms with Crippen LogP contribution in [0, 0.1) is 0 Å². The Hall–Kier alpha value is -0.640. The van der Waals surface area contributed by atoms with E-state index in [1.54, 1.807) is 7.05 Å². The Morgan fingerprint density at radius 3 is 2.11 bits per heavy atom. The summed E-state index contributed by atoms with van der Waals surface area (Å²) in [6, 6.07) is 0. The van der Waals surface area contributed by atoms with E-state index < -0.39 is 5.97 Å². The van der Waals surface area contributed by atoms with Gasteiger partial charge in [0.1, 0.15) is 6.67 Å². The van der Waals surface area contributed by atoms with E-state index >= 15 is 0 Å². The van der Waals surface area contributed by atoms with Crippen LogP contribution in [0.3, 0.4) is 0 Å². The SMILES string of the molecule is CC(=O)O.CNCCF. The highest BCUT2D eigenvalue weighted by molar-refractivity contribution is 5.62. The molecule has 0 aromatic rings. The molecule has 0 aliphatic heterocycles. The summed E-state index contributed by atoms with van der Waals surface area (Å²) in [5, 5.41) is 10.1. The Bertz CT molecular complexity index is 62.0. The van der Waals surface area contributed by atoms with Crippen LogP contribution in [0.25, 0.3) is 0 Å². The third-order valence-electron chi connectivity index (χ3n) is 0.344. The van der Waals surface area contributed by atoms with E-state index in [2.05, 4.69) is 5.32 Å². The number of carbonyl (C=O) groups is 1. The number of carboxylic acids is 1. The van der Waals surface area contributed by atoms with Crippen LogP contribution in [-0.2, 0) is 4.79 Å². The lowest BCUT2D eigenvalue weighted by atomic mass is 10.7. The molecule has 0 saturated carbocycles. The van der Waals surface area contributed by atoms with Crippen LogP contribution in [0.2, 0.25) is 0 Å². The summed E-state index contributed by atoms with van der Waals surface area (Å²) in [6.45, 7) is 1.29. The van der Waals surface area contributed by atoms with E-state index in [0.717, 1.165) is 6.92 Å². The minimum Gasteiger partial charge on any atom is -0.481 e. The maximum Gasteiger partial charge on any atom is 0.300 e. The zero-order valence-electron chi connectivity index (χ0n) is 5.65. The smallest absolute Gasteiger partial charge is 0.300 e. The van der Waals surface area contributed by atoms with Gasteiger partial charge in [0.05, 0.1) is 0 Å². The highest BCUT2D eigenvalue weighted by atomic mass is 19.1. The first-order valence-electron chi connectivity index (χ1n) is 2.55. The maximum atomic E-state index is 10.9. The van der Waals surface area contributed by atoms with Gasteiger partial charge in [0, 0.05) is 13.5 Å². The summed E-state index contributed by atoms with van der Waals surface area (Å²) in [4.78, 5) is 9.00. The van der Waals surface area contributed by atoms with Crippen LogP contribution >= 0.6 is 0 Å². The van der Waals surface area contributed by atoms with Crippen molar-refractivity contribution < 1.29 is 14.3 Å². The lowest BCUT2D eigenvalue weighted by Crippen LogP contribution is -2.08. The van der Waals surface area contributed by atoms with Crippen molar-refractivity contribution in [1.82, 2.24) is 5.32 Å². The molecule has 0 aromatic carbocycles. The van der Waals surface area contributed by atoms with Gasteiger partial charge in [-0.05, 0) is 7.05 Å². The molecule has 0 saturated heterocycles. The van der Waals surface area contributed by atoms with Crippen LogP contribution in [0.5, 0.6) is 0 Å². The molecule has 0 spiro atoms. The fourth-order valence-corrected chi connectivity index (χ4v) is 0.0945. The van der Waals surface area contributed by atoms with Gasteiger partial charge < -0.3 is 10.4 Å². The summed E-state index contributed by atoms with van der Waals surface area (Å²) in [5.41, 5.74) is 0. The normalized spacial score (nSPS) is 7.44. The Labute approximate surface area is 53.9 Å². The molecule has 56 valence electrons. The van der Waals surface area contributed by atoms with Crippen LogP contribution in [-0.4, -0.2) is 31.3 Å². The second kappa shape index (κ2) is 10.4. The fourth-order valence-electron chi connectivity index (χ4n) is 0.0945. The Morgan fingerprint density at radius 1 is 1.78 bits per heavy atom. The van der Waals surface area contributed by atoms with Crippen molar-refractivity contribution in [1.29, 1.82) is 0 Å². The largest absolute Gasteiger partial charge is 0.481 e. The summed E-state index contributed by atoms with van der Waals surface area (Å²) >= 11 is 0. The number of hydrogen-bond donors (Lipinski definition) is 2. The molecule has 0 atom stereocenters. The first kappa shape index (κ1) is 11.2. The molecule has 0 fully saturated rings. The van der Waals surface area contributed by atoms with E-state index in [0.29, 0.717) is 6.54 Å². The Morgan fingerprint density at radius 2 is 2.11 bits per heavy atom. The number of rotatable bonds is 2. The van der Waals surface area contributed by atoms with Crippen molar-refractivity contribution in [2.24, 2.45) is 0 Å². The van der Waals surface area contributed by atoms with Gasteiger partial charge >= 0.3 is 0 Å². The average Bonchev–Trinajstić information content (AvgIpc) is 1.66. The van der Waals surface area contributed by atoms with Crippen molar-refractivity contribution in [2.45, 2.75) is 6.92 Å². The summed E-state index contributed by atoms with van der Waals surface area (Å²) in [5.74, 6) is -0.833. The lowest BCUT2D eigenvalue weighted by Gasteiger charge is -1.82. The van der Waals surface area contributed by atoms with E-state index in [-0.39, 0.29) is 6.67 Å². The summed E-state index contributed by atoms with van der Waals surface area (Å²) < 4.78 is 10.9. The van der Waals surface area contributed by atoms with Crippen molar-refractivity contribution in [3.05, 3.63) is 0 Å². The monoisotopic (exact) mass is 137 g/mol. The summed E-state index contributed by atoms with van der Waals surface area (Å²) in [7, 11) is 1.72. The molecule has 0 rings (SSSR count). The molecule has 0 bridgehead atoms. The minimum absolute atomic E-state index is 0.267. The molecule has 0 heterocycles. The second-order valence-electron chi connectivity index (χ2n) is 1.31. The number of carboxylic acid groups (broad SMARTS) is 1. The van der Waals surface area contributed by atoms with Gasteiger partial charge in [0.15, 0.2) is 0 Å². The topological polar surface area (TPSA) is 49.3 Å². The summed E-state index contributed by atoms with van der Waals surface area (Å²) in [6.07, 6.45) is 0. The van der Waals surface area contributed by atoms with Crippen molar-refractivity contribution in [2.75, 3.05) is 20.3 Å². The predicted octanol–water partition coefficient (Wildman–Crippen LogP) is 0.266. The van der Waals surface area contributed by atoms with Gasteiger partial charge in [-0.3, -0.25) is 4.79 Å². The highest BCUT2D eigenvalue weighted by Gasteiger charge is 1.68. The van der Waals surface area contributed by atoms with Gasteiger partial charge in [0.25, 0.3) is 5.97 Å². The van der Waals surface area contributed by atoms with E-state index in [9.17, 15) is 4.39 Å².